The highest BCUT2D eigenvalue weighted by atomic mass is 32.1. The zero-order valence-corrected chi connectivity index (χ0v) is 18.3. The van der Waals surface area contributed by atoms with Crippen LogP contribution >= 0.6 is 11.3 Å². The van der Waals surface area contributed by atoms with Crippen molar-refractivity contribution >= 4 is 33.3 Å². The topological polar surface area (TPSA) is 85.4 Å². The summed E-state index contributed by atoms with van der Waals surface area (Å²) in [6, 6.07) is 6.05. The molecule has 0 bridgehead atoms. The second-order valence-corrected chi connectivity index (χ2v) is 8.42. The number of carbonyl (C=O) groups excluding carboxylic acids is 1. The summed E-state index contributed by atoms with van der Waals surface area (Å²) in [5.41, 5.74) is 1.86. The van der Waals surface area contributed by atoms with Gasteiger partial charge in [-0.1, -0.05) is 25.0 Å². The van der Waals surface area contributed by atoms with E-state index in [0.29, 0.717) is 28.7 Å². The maximum absolute atomic E-state index is 12.8. The summed E-state index contributed by atoms with van der Waals surface area (Å²) in [6.45, 7) is 2.47. The summed E-state index contributed by atoms with van der Waals surface area (Å²) in [4.78, 5) is 23.2. The Morgan fingerprint density at radius 2 is 2.00 bits per heavy atom. The molecule has 1 aliphatic carbocycles. The highest BCUT2D eigenvalue weighted by Crippen LogP contribution is 2.35. The molecule has 0 spiro atoms. The number of ether oxygens (including phenoxy) is 2. The van der Waals surface area contributed by atoms with E-state index in [-0.39, 0.29) is 11.9 Å². The molecule has 4 rings (SSSR count). The van der Waals surface area contributed by atoms with Gasteiger partial charge in [0.15, 0.2) is 11.5 Å². The lowest BCUT2D eigenvalue weighted by molar-refractivity contribution is 0.0941. The van der Waals surface area contributed by atoms with Gasteiger partial charge in [0.2, 0.25) is 0 Å². The lowest BCUT2D eigenvalue weighted by atomic mass is 10.1. The zero-order valence-electron chi connectivity index (χ0n) is 17.4. The van der Waals surface area contributed by atoms with Crippen LogP contribution in [0, 0.1) is 6.92 Å². The minimum absolute atomic E-state index is 0.0113. The van der Waals surface area contributed by atoms with Crippen LogP contribution in [0.3, 0.4) is 0 Å². The van der Waals surface area contributed by atoms with E-state index in [1.807, 2.05) is 25.1 Å². The molecule has 1 aliphatic rings. The molecule has 0 unspecified atom stereocenters. The van der Waals surface area contributed by atoms with E-state index in [1.165, 1.54) is 30.5 Å². The van der Waals surface area contributed by atoms with Crippen molar-refractivity contribution < 1.29 is 14.3 Å². The van der Waals surface area contributed by atoms with Crippen LogP contribution in [0.1, 0.15) is 46.5 Å². The van der Waals surface area contributed by atoms with Crippen LogP contribution in [0.4, 0.5) is 5.82 Å². The van der Waals surface area contributed by atoms with E-state index in [1.54, 1.807) is 14.2 Å². The van der Waals surface area contributed by atoms with Gasteiger partial charge in [0, 0.05) is 18.2 Å². The molecule has 1 fully saturated rings. The van der Waals surface area contributed by atoms with Crippen LogP contribution in [-0.4, -0.2) is 36.1 Å². The number of anilines is 1. The van der Waals surface area contributed by atoms with Crippen molar-refractivity contribution in [2.75, 3.05) is 19.5 Å². The Hall–Kier alpha value is -2.87. The Bertz CT molecular complexity index is 1060. The molecular weight excluding hydrogens is 400 g/mol. The normalized spacial score (nSPS) is 14.1. The third-order valence-electron chi connectivity index (χ3n) is 5.55. The first-order chi connectivity index (χ1) is 14.6. The van der Waals surface area contributed by atoms with Crippen molar-refractivity contribution in [2.24, 2.45) is 0 Å². The van der Waals surface area contributed by atoms with E-state index in [0.717, 1.165) is 34.2 Å². The molecule has 1 saturated carbocycles. The van der Waals surface area contributed by atoms with Crippen LogP contribution in [0.15, 0.2) is 24.5 Å². The van der Waals surface area contributed by atoms with E-state index >= 15 is 0 Å². The molecule has 0 saturated heterocycles. The fourth-order valence-electron chi connectivity index (χ4n) is 4.02. The highest BCUT2D eigenvalue weighted by Gasteiger charge is 2.23. The van der Waals surface area contributed by atoms with E-state index in [4.69, 9.17) is 9.47 Å². The van der Waals surface area contributed by atoms with Crippen molar-refractivity contribution in [1.29, 1.82) is 0 Å². The number of benzene rings is 1. The standard InChI is InChI=1S/C22H26N4O3S/c1-13-17-20(23-11-14-7-6-10-16(28-2)18(14)29-3)24-12-25-22(17)30-19(13)21(27)26-15-8-4-5-9-15/h6-7,10,12,15H,4-5,8-9,11H2,1-3H3,(H,26,27)(H,23,24,25). The summed E-state index contributed by atoms with van der Waals surface area (Å²) >= 11 is 1.42. The van der Waals surface area contributed by atoms with Gasteiger partial charge in [-0.25, -0.2) is 9.97 Å². The van der Waals surface area contributed by atoms with Crippen LogP contribution < -0.4 is 20.1 Å². The fourth-order valence-corrected chi connectivity index (χ4v) is 5.07. The van der Waals surface area contributed by atoms with Crippen molar-refractivity contribution in [1.82, 2.24) is 15.3 Å². The predicted molar refractivity (Wildman–Crippen MR) is 119 cm³/mol. The molecule has 7 nitrogen and oxygen atoms in total. The fraction of sp³-hybridized carbons (Fsp3) is 0.409. The molecule has 2 aromatic heterocycles. The lowest BCUT2D eigenvalue weighted by Crippen LogP contribution is -2.32. The first-order valence-corrected chi connectivity index (χ1v) is 10.9. The Balaban J connectivity index is 1.59. The Morgan fingerprint density at radius 1 is 1.20 bits per heavy atom. The average Bonchev–Trinajstić information content (AvgIpc) is 3.39. The Kier molecular flexibility index (Phi) is 6.03. The summed E-state index contributed by atoms with van der Waals surface area (Å²) < 4.78 is 10.9. The van der Waals surface area contributed by atoms with Gasteiger partial charge in [-0.3, -0.25) is 4.79 Å². The van der Waals surface area contributed by atoms with Crippen LogP contribution in [0.5, 0.6) is 11.5 Å². The van der Waals surface area contributed by atoms with Gasteiger partial charge in [0.1, 0.15) is 17.0 Å². The summed E-state index contributed by atoms with van der Waals surface area (Å²) in [5.74, 6) is 2.07. The number of hydrogen-bond donors (Lipinski definition) is 2. The number of amides is 1. The van der Waals surface area contributed by atoms with Crippen LogP contribution in [-0.2, 0) is 6.54 Å². The lowest BCUT2D eigenvalue weighted by Gasteiger charge is -2.14. The quantitative estimate of drug-likeness (QED) is 0.586. The SMILES string of the molecule is COc1cccc(CNc2ncnc3sc(C(=O)NC4CCCC4)c(C)c23)c1OC. The number of hydrogen-bond acceptors (Lipinski definition) is 7. The molecule has 30 heavy (non-hydrogen) atoms. The molecule has 0 aliphatic heterocycles. The molecule has 2 N–H and O–H groups in total. The van der Waals surface area contributed by atoms with Gasteiger partial charge in [-0.05, 0) is 31.4 Å². The summed E-state index contributed by atoms with van der Waals surface area (Å²) in [7, 11) is 3.25. The van der Waals surface area contributed by atoms with Gasteiger partial charge in [0.25, 0.3) is 5.91 Å². The number of rotatable bonds is 7. The molecule has 8 heteroatoms. The minimum Gasteiger partial charge on any atom is -0.493 e. The number of aromatic nitrogens is 2. The van der Waals surface area contributed by atoms with Crippen molar-refractivity contribution in [3.05, 3.63) is 40.5 Å². The molecule has 1 amide bonds. The number of methoxy groups -OCH3 is 2. The molecule has 0 radical (unpaired) electrons. The third-order valence-corrected chi connectivity index (χ3v) is 6.75. The van der Waals surface area contributed by atoms with Gasteiger partial charge in [-0.2, -0.15) is 0 Å². The predicted octanol–water partition coefficient (Wildman–Crippen LogP) is 4.30. The molecule has 1 aromatic carbocycles. The number of para-hydroxylation sites is 1. The van der Waals surface area contributed by atoms with E-state index < -0.39 is 0 Å². The van der Waals surface area contributed by atoms with Crippen molar-refractivity contribution in [3.63, 3.8) is 0 Å². The number of nitrogens with one attached hydrogen (secondary N) is 2. The highest BCUT2D eigenvalue weighted by molar-refractivity contribution is 7.20. The van der Waals surface area contributed by atoms with Crippen LogP contribution in [0.25, 0.3) is 10.2 Å². The molecular formula is C22H26N4O3S. The minimum atomic E-state index is -0.0113. The summed E-state index contributed by atoms with van der Waals surface area (Å²) in [5, 5.41) is 7.45. The number of aryl methyl sites for hydroxylation is 1. The first kappa shape index (κ1) is 20.4. The molecule has 158 valence electrons. The number of thiophene rings is 1. The van der Waals surface area contributed by atoms with E-state index in [2.05, 4.69) is 20.6 Å². The number of carbonyl (C=O) groups is 1. The maximum Gasteiger partial charge on any atom is 0.261 e. The van der Waals surface area contributed by atoms with E-state index in [9.17, 15) is 4.79 Å². The number of nitrogens with zero attached hydrogens (tertiary/aromatic N) is 2. The maximum atomic E-state index is 12.8. The Labute approximate surface area is 179 Å². The van der Waals surface area contributed by atoms with Gasteiger partial charge in [0.05, 0.1) is 24.5 Å². The van der Waals surface area contributed by atoms with Crippen LogP contribution in [0.2, 0.25) is 0 Å². The van der Waals surface area contributed by atoms with Gasteiger partial charge in [-0.15, -0.1) is 11.3 Å². The molecule has 2 heterocycles. The monoisotopic (exact) mass is 426 g/mol. The average molecular weight is 427 g/mol. The second kappa shape index (κ2) is 8.87. The molecule has 3 aromatic rings. The first-order valence-electron chi connectivity index (χ1n) is 10.1. The third kappa shape index (κ3) is 3.92. The number of fused-ring (bicyclic) bond motifs is 1. The van der Waals surface area contributed by atoms with Crippen molar-refractivity contribution in [2.45, 2.75) is 45.2 Å². The molecule has 0 atom stereocenters. The Morgan fingerprint density at radius 3 is 2.73 bits per heavy atom. The smallest absolute Gasteiger partial charge is 0.261 e. The second-order valence-electron chi connectivity index (χ2n) is 7.42. The van der Waals surface area contributed by atoms with Gasteiger partial charge < -0.3 is 20.1 Å². The largest absolute Gasteiger partial charge is 0.493 e. The summed E-state index contributed by atoms with van der Waals surface area (Å²) in [6.07, 6.45) is 6.02. The van der Waals surface area contributed by atoms with Gasteiger partial charge >= 0.3 is 0 Å². The zero-order chi connectivity index (χ0) is 21.1. The van der Waals surface area contributed by atoms with Crippen molar-refractivity contribution in [3.8, 4) is 11.5 Å².